The van der Waals surface area contributed by atoms with Gasteiger partial charge in [0.15, 0.2) is 4.34 Å². The van der Waals surface area contributed by atoms with Crippen molar-refractivity contribution in [2.45, 2.75) is 51.0 Å². The SMILES string of the molecule is Cc1nnc(SCC(=O)N(C(C)C)C(C)C)s1. The zero-order valence-corrected chi connectivity index (χ0v) is 12.6. The third-order valence-corrected chi connectivity index (χ3v) is 4.18. The first kappa shape index (κ1) is 14.4. The Kier molecular flexibility index (Phi) is 5.39. The van der Waals surface area contributed by atoms with E-state index in [2.05, 4.69) is 10.2 Å². The molecule has 4 nitrogen and oxygen atoms in total. The van der Waals surface area contributed by atoms with Crippen molar-refractivity contribution in [3.05, 3.63) is 5.01 Å². The lowest BCUT2D eigenvalue weighted by Gasteiger charge is -2.30. The van der Waals surface area contributed by atoms with Crippen LogP contribution >= 0.6 is 23.1 Å². The third kappa shape index (κ3) is 4.27. The van der Waals surface area contributed by atoms with Crippen molar-refractivity contribution in [3.63, 3.8) is 0 Å². The normalized spacial score (nSPS) is 11.2. The van der Waals surface area contributed by atoms with Crippen molar-refractivity contribution in [2.24, 2.45) is 0 Å². The van der Waals surface area contributed by atoms with Crippen molar-refractivity contribution >= 4 is 29.0 Å². The summed E-state index contributed by atoms with van der Waals surface area (Å²) in [6.45, 7) is 10.1. The number of rotatable bonds is 5. The van der Waals surface area contributed by atoms with E-state index in [9.17, 15) is 4.79 Å². The Morgan fingerprint density at radius 1 is 1.29 bits per heavy atom. The number of aryl methyl sites for hydroxylation is 1. The molecular formula is C11H19N3OS2. The predicted octanol–water partition coefficient (Wildman–Crippen LogP) is 2.58. The lowest BCUT2D eigenvalue weighted by atomic mass is 10.2. The fraction of sp³-hybridized carbons (Fsp3) is 0.727. The van der Waals surface area contributed by atoms with Gasteiger partial charge in [0.25, 0.3) is 0 Å². The molecule has 0 bridgehead atoms. The van der Waals surface area contributed by atoms with Gasteiger partial charge >= 0.3 is 0 Å². The first-order valence-electron chi connectivity index (χ1n) is 5.66. The quantitative estimate of drug-likeness (QED) is 0.774. The van der Waals surface area contributed by atoms with Crippen LogP contribution in [0.1, 0.15) is 32.7 Å². The van der Waals surface area contributed by atoms with Gasteiger partial charge in [-0.25, -0.2) is 0 Å². The molecule has 1 rings (SSSR count). The Hall–Kier alpha value is -0.620. The minimum absolute atomic E-state index is 0.160. The Morgan fingerprint density at radius 2 is 1.88 bits per heavy atom. The molecule has 0 radical (unpaired) electrons. The van der Waals surface area contributed by atoms with Gasteiger partial charge in [-0.3, -0.25) is 4.79 Å². The lowest BCUT2D eigenvalue weighted by Crippen LogP contribution is -2.43. The highest BCUT2D eigenvalue weighted by atomic mass is 32.2. The van der Waals surface area contributed by atoms with Crippen LogP contribution in [0.3, 0.4) is 0 Å². The fourth-order valence-corrected chi connectivity index (χ4v) is 3.39. The van der Waals surface area contributed by atoms with E-state index in [1.165, 1.54) is 23.1 Å². The number of hydrogen-bond donors (Lipinski definition) is 0. The van der Waals surface area contributed by atoms with Crippen LogP contribution in [0.25, 0.3) is 0 Å². The number of carbonyl (C=O) groups is 1. The standard InChI is InChI=1S/C11H19N3OS2/c1-7(2)14(8(3)4)10(15)6-16-11-13-12-9(5)17-11/h7-8H,6H2,1-5H3. The van der Waals surface area contributed by atoms with Crippen LogP contribution in [0.5, 0.6) is 0 Å². The van der Waals surface area contributed by atoms with Gasteiger partial charge in [0, 0.05) is 12.1 Å². The van der Waals surface area contributed by atoms with Crippen LogP contribution in [0, 0.1) is 6.92 Å². The highest BCUT2D eigenvalue weighted by Gasteiger charge is 2.20. The first-order chi connectivity index (χ1) is 7.91. The number of nitrogens with zero attached hydrogens (tertiary/aromatic N) is 3. The van der Waals surface area contributed by atoms with Gasteiger partial charge in [-0.1, -0.05) is 23.1 Å². The molecule has 1 aromatic heterocycles. The molecule has 1 aromatic rings. The summed E-state index contributed by atoms with van der Waals surface area (Å²) < 4.78 is 0.864. The van der Waals surface area contributed by atoms with E-state index in [-0.39, 0.29) is 18.0 Å². The average Bonchev–Trinajstić information content (AvgIpc) is 2.60. The number of aromatic nitrogens is 2. The van der Waals surface area contributed by atoms with E-state index in [1.807, 2.05) is 39.5 Å². The van der Waals surface area contributed by atoms with E-state index >= 15 is 0 Å². The van der Waals surface area contributed by atoms with Crippen molar-refractivity contribution < 1.29 is 4.79 Å². The Balaban J connectivity index is 2.53. The number of amides is 1. The maximum absolute atomic E-state index is 12.1. The highest BCUT2D eigenvalue weighted by Crippen LogP contribution is 2.22. The lowest BCUT2D eigenvalue weighted by molar-refractivity contribution is -0.131. The van der Waals surface area contributed by atoms with E-state index < -0.39 is 0 Å². The van der Waals surface area contributed by atoms with Crippen LogP contribution in [0.4, 0.5) is 0 Å². The second-order valence-electron chi connectivity index (χ2n) is 4.36. The van der Waals surface area contributed by atoms with Gasteiger partial charge in [0.1, 0.15) is 5.01 Å². The van der Waals surface area contributed by atoms with Crippen LogP contribution in [-0.2, 0) is 4.79 Å². The van der Waals surface area contributed by atoms with Gasteiger partial charge in [-0.15, -0.1) is 10.2 Å². The summed E-state index contributed by atoms with van der Waals surface area (Å²) in [6.07, 6.45) is 0. The summed E-state index contributed by atoms with van der Waals surface area (Å²) in [5.41, 5.74) is 0. The number of thioether (sulfide) groups is 1. The van der Waals surface area contributed by atoms with Crippen molar-refractivity contribution in [3.8, 4) is 0 Å². The number of carbonyl (C=O) groups excluding carboxylic acids is 1. The molecule has 0 unspecified atom stereocenters. The van der Waals surface area contributed by atoms with Gasteiger partial charge in [-0.2, -0.15) is 0 Å². The van der Waals surface area contributed by atoms with Gasteiger partial charge < -0.3 is 4.90 Å². The van der Waals surface area contributed by atoms with Crippen molar-refractivity contribution in [1.29, 1.82) is 0 Å². The van der Waals surface area contributed by atoms with Gasteiger partial charge in [0.05, 0.1) is 5.75 Å². The Bertz CT molecular complexity index is 369. The molecule has 17 heavy (non-hydrogen) atoms. The zero-order valence-electron chi connectivity index (χ0n) is 10.9. The molecule has 0 N–H and O–H groups in total. The maximum Gasteiger partial charge on any atom is 0.233 e. The predicted molar refractivity (Wildman–Crippen MR) is 72.5 cm³/mol. The Labute approximate surface area is 111 Å². The molecule has 1 heterocycles. The fourth-order valence-electron chi connectivity index (χ4n) is 1.71. The summed E-state index contributed by atoms with van der Waals surface area (Å²) in [4.78, 5) is 14.0. The summed E-state index contributed by atoms with van der Waals surface area (Å²) >= 11 is 2.99. The van der Waals surface area contributed by atoms with Crippen LogP contribution < -0.4 is 0 Å². The zero-order chi connectivity index (χ0) is 13.0. The minimum Gasteiger partial charge on any atom is -0.337 e. The molecule has 0 spiro atoms. The molecule has 0 aliphatic rings. The van der Waals surface area contributed by atoms with Crippen LogP contribution in [0.2, 0.25) is 0 Å². The summed E-state index contributed by atoms with van der Waals surface area (Å²) in [7, 11) is 0. The minimum atomic E-state index is 0.160. The third-order valence-electron chi connectivity index (χ3n) is 2.23. The maximum atomic E-state index is 12.1. The molecule has 0 aromatic carbocycles. The molecular weight excluding hydrogens is 254 g/mol. The van der Waals surface area contributed by atoms with Gasteiger partial charge in [0.2, 0.25) is 5.91 Å². The molecule has 0 aliphatic heterocycles. The number of hydrogen-bond acceptors (Lipinski definition) is 5. The second-order valence-corrected chi connectivity index (χ2v) is 6.77. The Morgan fingerprint density at radius 3 is 2.29 bits per heavy atom. The molecule has 0 saturated heterocycles. The molecule has 0 saturated carbocycles. The van der Waals surface area contributed by atoms with Crippen molar-refractivity contribution in [2.75, 3.05) is 5.75 Å². The van der Waals surface area contributed by atoms with Gasteiger partial charge in [-0.05, 0) is 34.6 Å². The molecule has 0 fully saturated rings. The smallest absolute Gasteiger partial charge is 0.233 e. The summed E-state index contributed by atoms with van der Waals surface area (Å²) in [5.74, 6) is 0.596. The second kappa shape index (κ2) is 6.35. The van der Waals surface area contributed by atoms with E-state index in [1.54, 1.807) is 0 Å². The first-order valence-corrected chi connectivity index (χ1v) is 7.46. The monoisotopic (exact) mass is 273 g/mol. The van der Waals surface area contributed by atoms with Crippen LogP contribution in [-0.4, -0.2) is 38.8 Å². The van der Waals surface area contributed by atoms with E-state index in [0.29, 0.717) is 5.75 Å². The average molecular weight is 273 g/mol. The molecule has 0 atom stereocenters. The van der Waals surface area contributed by atoms with Crippen LogP contribution in [0.15, 0.2) is 4.34 Å². The highest BCUT2D eigenvalue weighted by molar-refractivity contribution is 8.01. The largest absolute Gasteiger partial charge is 0.337 e. The van der Waals surface area contributed by atoms with E-state index in [4.69, 9.17) is 0 Å². The molecule has 6 heteroatoms. The van der Waals surface area contributed by atoms with Crippen molar-refractivity contribution in [1.82, 2.24) is 15.1 Å². The summed E-state index contributed by atoms with van der Waals surface area (Å²) in [6, 6.07) is 0.471. The van der Waals surface area contributed by atoms with E-state index in [0.717, 1.165) is 9.35 Å². The molecule has 96 valence electrons. The molecule has 0 aliphatic carbocycles. The summed E-state index contributed by atoms with van der Waals surface area (Å²) in [5, 5.41) is 8.86. The molecule has 1 amide bonds. The topological polar surface area (TPSA) is 46.1 Å².